The molecule has 0 aliphatic heterocycles. The van der Waals surface area contributed by atoms with Crippen LogP contribution < -0.4 is 10.6 Å². The molecule has 2 amide bonds. The van der Waals surface area contributed by atoms with Crippen molar-refractivity contribution in [3.63, 3.8) is 0 Å². The fourth-order valence-electron chi connectivity index (χ4n) is 2.86. The van der Waals surface area contributed by atoms with Crippen molar-refractivity contribution in [2.75, 3.05) is 12.8 Å². The van der Waals surface area contributed by atoms with Gasteiger partial charge in [0.25, 0.3) is 0 Å². The quantitative estimate of drug-likeness (QED) is 0.844. The van der Waals surface area contributed by atoms with Crippen LogP contribution in [0.25, 0.3) is 5.69 Å². The van der Waals surface area contributed by atoms with E-state index in [0.717, 1.165) is 17.8 Å². The maximum Gasteiger partial charge on any atom is 0.315 e. The van der Waals surface area contributed by atoms with E-state index in [4.69, 9.17) is 0 Å². The fourth-order valence-corrected chi connectivity index (χ4v) is 3.77. The number of hydrogen-bond donors (Lipinski definition) is 2. The Kier molecular flexibility index (Phi) is 5.08. The van der Waals surface area contributed by atoms with E-state index < -0.39 is 0 Å². The van der Waals surface area contributed by atoms with Gasteiger partial charge in [-0.05, 0) is 43.7 Å². The number of carbonyl (C=O) groups is 1. The highest BCUT2D eigenvalue weighted by Gasteiger charge is 2.36. The Balaban J connectivity index is 1.52. The van der Waals surface area contributed by atoms with Crippen LogP contribution in [-0.2, 0) is 0 Å². The predicted molar refractivity (Wildman–Crippen MR) is 96.4 cm³/mol. The molecule has 1 atom stereocenters. The number of urea groups is 1. The lowest BCUT2D eigenvalue weighted by Gasteiger charge is -2.40. The van der Waals surface area contributed by atoms with Crippen LogP contribution in [0.3, 0.4) is 0 Å². The Hall–Kier alpha value is -2.02. The lowest BCUT2D eigenvalue weighted by atomic mass is 9.84. The number of benzene rings is 1. The van der Waals surface area contributed by atoms with Gasteiger partial charge in [0, 0.05) is 11.3 Å². The molecule has 0 radical (unpaired) electrons. The molecule has 128 valence electrons. The van der Waals surface area contributed by atoms with Crippen molar-refractivity contribution >= 4 is 17.8 Å². The summed E-state index contributed by atoms with van der Waals surface area (Å²) in [5, 5.41) is 13.8. The van der Waals surface area contributed by atoms with Crippen molar-refractivity contribution in [3.8, 4) is 5.69 Å². The minimum Gasteiger partial charge on any atom is -0.337 e. The molecule has 0 spiro atoms. The Morgan fingerprint density at radius 2 is 2.12 bits per heavy atom. The van der Waals surface area contributed by atoms with Gasteiger partial charge >= 0.3 is 6.03 Å². The molecule has 1 aliphatic rings. The first kappa shape index (κ1) is 16.8. The zero-order valence-electron chi connectivity index (χ0n) is 14.0. The highest BCUT2D eigenvalue weighted by atomic mass is 32.2. The number of thioether (sulfide) groups is 1. The highest BCUT2D eigenvalue weighted by molar-refractivity contribution is 8.00. The first-order valence-corrected chi connectivity index (χ1v) is 9.40. The zero-order valence-corrected chi connectivity index (χ0v) is 14.8. The van der Waals surface area contributed by atoms with E-state index in [2.05, 4.69) is 27.2 Å². The lowest BCUT2D eigenvalue weighted by molar-refractivity contribution is 0.233. The monoisotopic (exact) mass is 345 g/mol. The SMILES string of the molecule is CSC1(CNC(=O)NC(C)c2ccc(-n3ccnn3)cc2)CCC1. The molecule has 6 nitrogen and oxygen atoms in total. The number of nitrogens with zero attached hydrogens (tertiary/aromatic N) is 3. The number of aromatic nitrogens is 3. The van der Waals surface area contributed by atoms with Crippen LogP contribution in [0.1, 0.15) is 37.8 Å². The zero-order chi connectivity index (χ0) is 17.0. The number of rotatable bonds is 6. The summed E-state index contributed by atoms with van der Waals surface area (Å²) in [6.07, 6.45) is 9.20. The molecule has 3 rings (SSSR count). The summed E-state index contributed by atoms with van der Waals surface area (Å²) in [5.41, 5.74) is 2.00. The average molecular weight is 345 g/mol. The molecule has 2 aromatic rings. The number of carbonyl (C=O) groups excluding carboxylic acids is 1. The summed E-state index contributed by atoms with van der Waals surface area (Å²) in [4.78, 5) is 12.1. The molecule has 7 heteroatoms. The Morgan fingerprint density at radius 1 is 1.38 bits per heavy atom. The summed E-state index contributed by atoms with van der Waals surface area (Å²) >= 11 is 1.86. The van der Waals surface area contributed by atoms with Crippen LogP contribution in [0.15, 0.2) is 36.7 Å². The molecular weight excluding hydrogens is 322 g/mol. The second-order valence-electron chi connectivity index (χ2n) is 6.23. The van der Waals surface area contributed by atoms with Crippen molar-refractivity contribution in [1.29, 1.82) is 0 Å². The Morgan fingerprint density at radius 3 is 2.67 bits per heavy atom. The average Bonchev–Trinajstić information content (AvgIpc) is 3.09. The normalized spacial score (nSPS) is 16.9. The summed E-state index contributed by atoms with van der Waals surface area (Å²) < 4.78 is 1.95. The third-order valence-electron chi connectivity index (χ3n) is 4.70. The predicted octanol–water partition coefficient (Wildman–Crippen LogP) is 2.91. The van der Waals surface area contributed by atoms with Gasteiger partial charge in [-0.1, -0.05) is 23.8 Å². The van der Waals surface area contributed by atoms with Crippen LogP contribution in [0.5, 0.6) is 0 Å². The number of hydrogen-bond acceptors (Lipinski definition) is 4. The van der Waals surface area contributed by atoms with E-state index in [9.17, 15) is 4.79 Å². The van der Waals surface area contributed by atoms with Crippen LogP contribution in [-0.4, -0.2) is 38.6 Å². The highest BCUT2D eigenvalue weighted by Crippen LogP contribution is 2.42. The molecule has 0 saturated heterocycles. The van der Waals surface area contributed by atoms with E-state index >= 15 is 0 Å². The van der Waals surface area contributed by atoms with Gasteiger partial charge in [0.2, 0.25) is 0 Å². The molecular formula is C17H23N5OS. The molecule has 1 unspecified atom stereocenters. The molecule has 1 aromatic heterocycles. The Labute approximate surface area is 146 Å². The minimum atomic E-state index is -0.108. The van der Waals surface area contributed by atoms with Crippen LogP contribution in [0.4, 0.5) is 4.79 Å². The standard InChI is InChI=1S/C17H23N5OS/c1-13(20-16(23)18-12-17(24-2)8-3-9-17)14-4-6-15(7-5-14)22-11-10-19-21-22/h4-7,10-11,13H,3,8-9,12H2,1-2H3,(H2,18,20,23). The second kappa shape index (κ2) is 7.25. The van der Waals surface area contributed by atoms with Gasteiger partial charge in [-0.3, -0.25) is 0 Å². The van der Waals surface area contributed by atoms with Crippen molar-refractivity contribution in [2.45, 2.75) is 37.0 Å². The fraction of sp³-hybridized carbons (Fsp3) is 0.471. The first-order valence-electron chi connectivity index (χ1n) is 8.18. The number of nitrogens with one attached hydrogen (secondary N) is 2. The molecule has 2 N–H and O–H groups in total. The van der Waals surface area contributed by atoms with E-state index in [0.29, 0.717) is 0 Å². The summed E-state index contributed by atoms with van der Waals surface area (Å²) in [6.45, 7) is 2.72. The molecule has 1 heterocycles. The second-order valence-corrected chi connectivity index (χ2v) is 7.50. The molecule has 1 aliphatic carbocycles. The number of amides is 2. The third-order valence-corrected chi connectivity index (χ3v) is 6.12. The smallest absolute Gasteiger partial charge is 0.315 e. The van der Waals surface area contributed by atoms with Crippen molar-refractivity contribution in [3.05, 3.63) is 42.2 Å². The van der Waals surface area contributed by atoms with Gasteiger partial charge in [0.15, 0.2) is 0 Å². The minimum absolute atomic E-state index is 0.0542. The Bertz CT molecular complexity index is 661. The van der Waals surface area contributed by atoms with E-state index in [1.165, 1.54) is 19.3 Å². The summed E-state index contributed by atoms with van der Waals surface area (Å²) in [7, 11) is 0. The molecule has 1 fully saturated rings. The third kappa shape index (κ3) is 3.72. The van der Waals surface area contributed by atoms with Crippen LogP contribution in [0, 0.1) is 0 Å². The van der Waals surface area contributed by atoms with Crippen LogP contribution >= 0.6 is 11.8 Å². The molecule has 1 aromatic carbocycles. The van der Waals surface area contributed by atoms with E-state index in [1.807, 2.05) is 43.0 Å². The maximum atomic E-state index is 12.1. The topological polar surface area (TPSA) is 71.8 Å². The van der Waals surface area contributed by atoms with Crippen molar-refractivity contribution < 1.29 is 4.79 Å². The van der Waals surface area contributed by atoms with Gasteiger partial charge in [0.1, 0.15) is 0 Å². The lowest BCUT2D eigenvalue weighted by Crippen LogP contribution is -2.48. The van der Waals surface area contributed by atoms with Gasteiger partial charge in [-0.2, -0.15) is 11.8 Å². The van der Waals surface area contributed by atoms with Gasteiger partial charge in [-0.15, -0.1) is 5.10 Å². The van der Waals surface area contributed by atoms with E-state index in [1.54, 1.807) is 17.1 Å². The first-order chi connectivity index (χ1) is 11.6. The molecule has 1 saturated carbocycles. The van der Waals surface area contributed by atoms with Gasteiger partial charge < -0.3 is 10.6 Å². The maximum absolute atomic E-state index is 12.1. The largest absolute Gasteiger partial charge is 0.337 e. The summed E-state index contributed by atoms with van der Waals surface area (Å²) in [5.74, 6) is 0. The van der Waals surface area contributed by atoms with Crippen molar-refractivity contribution in [1.82, 2.24) is 25.6 Å². The van der Waals surface area contributed by atoms with Crippen LogP contribution in [0.2, 0.25) is 0 Å². The van der Waals surface area contributed by atoms with Crippen molar-refractivity contribution in [2.24, 2.45) is 0 Å². The molecule has 24 heavy (non-hydrogen) atoms. The van der Waals surface area contributed by atoms with E-state index in [-0.39, 0.29) is 16.8 Å². The molecule has 0 bridgehead atoms. The van der Waals surface area contributed by atoms with Gasteiger partial charge in [-0.25, -0.2) is 9.48 Å². The summed E-state index contributed by atoms with van der Waals surface area (Å²) in [6, 6.07) is 7.77. The van der Waals surface area contributed by atoms with Gasteiger partial charge in [0.05, 0.1) is 24.1 Å².